The van der Waals surface area contributed by atoms with Gasteiger partial charge in [0.05, 0.1) is 18.8 Å². The topological polar surface area (TPSA) is 398 Å². The van der Waals surface area contributed by atoms with Crippen molar-refractivity contribution in [1.82, 2.24) is 42.2 Å². The molecule has 76 heavy (non-hydrogen) atoms. The van der Waals surface area contributed by atoms with Gasteiger partial charge in [-0.15, -0.1) is 0 Å². The van der Waals surface area contributed by atoms with Crippen LogP contribution in [0.4, 0.5) is 0 Å². The number of aliphatic hydroxyl groups is 2. The van der Waals surface area contributed by atoms with Gasteiger partial charge in [-0.2, -0.15) is 11.8 Å². The summed E-state index contributed by atoms with van der Waals surface area (Å²) in [7, 11) is 0. The molecule has 0 fully saturated rings. The van der Waals surface area contributed by atoms with Gasteiger partial charge in [0.2, 0.25) is 53.2 Å². The highest BCUT2D eigenvalue weighted by Gasteiger charge is 2.36. The van der Waals surface area contributed by atoms with Gasteiger partial charge >= 0.3 is 0 Å². The first-order valence-corrected chi connectivity index (χ1v) is 26.3. The molecule has 4 rings (SSSR count). The molecule has 18 N–H and O–H groups in total. The molecule has 0 unspecified atom stereocenters. The number of aromatic nitrogens is 1. The van der Waals surface area contributed by atoms with Gasteiger partial charge in [0.25, 0.3) is 0 Å². The fourth-order valence-corrected chi connectivity index (χ4v) is 8.51. The van der Waals surface area contributed by atoms with Gasteiger partial charge in [-0.05, 0) is 80.3 Å². The number of aliphatic hydroxyl groups excluding tert-OH is 2. The monoisotopic (exact) mass is 1070 g/mol. The second-order valence-corrected chi connectivity index (χ2v) is 19.3. The third kappa shape index (κ3) is 19.7. The van der Waals surface area contributed by atoms with Crippen molar-refractivity contribution in [2.75, 3.05) is 25.2 Å². The molecule has 0 spiro atoms. The molecule has 4 aromatic rings. The first kappa shape index (κ1) is 61.2. The molecule has 0 aliphatic carbocycles. The van der Waals surface area contributed by atoms with Crippen molar-refractivity contribution in [3.05, 3.63) is 108 Å². The first-order chi connectivity index (χ1) is 36.3. The summed E-state index contributed by atoms with van der Waals surface area (Å²) < 4.78 is 0. The first-order valence-electron chi connectivity index (χ1n) is 24.9. The molecule has 0 aliphatic heterocycles. The van der Waals surface area contributed by atoms with Gasteiger partial charge in [-0.3, -0.25) is 43.2 Å². The van der Waals surface area contributed by atoms with E-state index < -0.39 is 114 Å². The molecule has 24 heteroatoms. The van der Waals surface area contributed by atoms with Crippen molar-refractivity contribution in [1.29, 1.82) is 0 Å². The minimum atomic E-state index is -1.80. The fourth-order valence-electron chi connectivity index (χ4n) is 8.04. The van der Waals surface area contributed by atoms with Crippen molar-refractivity contribution in [2.24, 2.45) is 22.9 Å². The molecule has 9 amide bonds. The summed E-state index contributed by atoms with van der Waals surface area (Å²) in [6.07, 6.45) is 2.45. The number of nitrogens with two attached hydrogens (primary N) is 4. The molecule has 1 heterocycles. The number of carbonyl (C=O) groups excluding carboxylic acids is 9. The van der Waals surface area contributed by atoms with E-state index >= 15 is 0 Å². The summed E-state index contributed by atoms with van der Waals surface area (Å²) in [5.74, 6) is -7.20. The minimum Gasteiger partial charge on any atom is -0.394 e. The van der Waals surface area contributed by atoms with E-state index in [1.54, 1.807) is 91.1 Å². The molecule has 9 atom stereocenters. The van der Waals surface area contributed by atoms with Crippen molar-refractivity contribution in [3.63, 3.8) is 0 Å². The van der Waals surface area contributed by atoms with E-state index in [1.165, 1.54) is 18.7 Å². The molecule has 0 bridgehead atoms. The van der Waals surface area contributed by atoms with Crippen LogP contribution >= 0.6 is 11.8 Å². The molecular weight excluding hydrogens is 1000 g/mol. The van der Waals surface area contributed by atoms with Gasteiger partial charge in [0.1, 0.15) is 42.3 Å². The molecule has 0 saturated carbocycles. The van der Waals surface area contributed by atoms with Crippen LogP contribution in [0.25, 0.3) is 10.9 Å². The smallest absolute Gasteiger partial charge is 0.245 e. The van der Waals surface area contributed by atoms with Gasteiger partial charge in [-0.25, -0.2) is 0 Å². The fraction of sp³-hybridized carbons (Fsp3) is 0.442. The van der Waals surface area contributed by atoms with Crippen LogP contribution in [-0.4, -0.2) is 148 Å². The number of fused-ring (bicyclic) bond motifs is 1. The second kappa shape index (κ2) is 31.5. The van der Waals surface area contributed by atoms with E-state index in [-0.39, 0.29) is 51.5 Å². The number of para-hydroxylation sites is 1. The lowest BCUT2D eigenvalue weighted by Crippen LogP contribution is -2.62. The van der Waals surface area contributed by atoms with Crippen LogP contribution in [0, 0.1) is 0 Å². The van der Waals surface area contributed by atoms with Crippen molar-refractivity contribution >= 4 is 75.8 Å². The van der Waals surface area contributed by atoms with E-state index in [0.29, 0.717) is 40.7 Å². The Kier molecular flexibility index (Phi) is 25.3. The number of thioether (sulfide) groups is 1. The molecule has 3 aromatic carbocycles. The second-order valence-electron chi connectivity index (χ2n) is 18.3. The van der Waals surface area contributed by atoms with E-state index in [4.69, 9.17) is 22.9 Å². The molecular formula is C52H72N12O11S. The number of unbranched alkanes of at least 4 members (excludes halogenated alkanes) is 1. The van der Waals surface area contributed by atoms with E-state index in [2.05, 4.69) is 42.2 Å². The summed E-state index contributed by atoms with van der Waals surface area (Å²) in [6.45, 7) is 0.447. The Morgan fingerprint density at radius 2 is 1.07 bits per heavy atom. The molecule has 0 aliphatic rings. The Hall–Kier alpha value is -7.38. The average molecular weight is 1070 g/mol. The highest BCUT2D eigenvalue weighted by atomic mass is 32.2. The lowest BCUT2D eigenvalue weighted by Gasteiger charge is -2.28. The molecule has 412 valence electrons. The largest absolute Gasteiger partial charge is 0.394 e. The summed E-state index contributed by atoms with van der Waals surface area (Å²) >= 11 is 1.45. The highest BCUT2D eigenvalue weighted by Crippen LogP contribution is 2.20. The van der Waals surface area contributed by atoms with Crippen LogP contribution in [0.5, 0.6) is 0 Å². The molecule has 23 nitrogen and oxygen atoms in total. The van der Waals surface area contributed by atoms with Crippen LogP contribution < -0.4 is 60.2 Å². The minimum absolute atomic E-state index is 0.0296. The third-order valence-corrected chi connectivity index (χ3v) is 13.0. The SMILES string of the molecule is CSCC[C@@H](NC(=O)[C@H](Cc1ccccc1)NC(=O)[C@H](Cc1c[nH]c2ccccc12)NC(=O)[C@H](CO)NC(=O)[C@@H](NC(=O)[C@H](Cc1ccccc1)NC(=O)[C@H](CCCCN)NC(=O)[C@@H](N)CCC(N)=O)[C@@H](C)O)C(N)=O. The zero-order chi connectivity index (χ0) is 55.7. The van der Waals surface area contributed by atoms with Crippen LogP contribution in [0.3, 0.4) is 0 Å². The number of hydrogen-bond donors (Lipinski definition) is 14. The number of carbonyl (C=O) groups is 9. The van der Waals surface area contributed by atoms with Crippen molar-refractivity contribution < 1.29 is 53.4 Å². The van der Waals surface area contributed by atoms with E-state index in [0.717, 1.165) is 5.52 Å². The highest BCUT2D eigenvalue weighted by molar-refractivity contribution is 7.98. The standard InChI is InChI=1S/C52H72N12O11S/c1-30(66)44(64-50(73)40(26-32-15-7-4-8-16-32)60-47(70)38(19-11-12-23-53)59-46(69)35(54)20-21-43(55)67)52(75)63-42(29-65)51(74)62-41(27-33-28-57-36-18-10-9-17-34(33)36)49(72)61-39(25-31-13-5-3-6-14-31)48(71)58-37(45(56)68)22-24-76-2/h3-10,13-18,28,30,35,37-42,44,57,65-66H,11-12,19-27,29,53-54H2,1-2H3,(H2,55,67)(H2,56,68)(H,58,71)(H,59,69)(H,60,70)(H,61,72)(H,62,74)(H,63,75)(H,64,73)/t30-,35+,37-,38+,39+,40+,41+,42+,44+/m1/s1. The molecule has 0 radical (unpaired) electrons. The van der Waals surface area contributed by atoms with Crippen LogP contribution in [0.15, 0.2) is 91.1 Å². The number of primary amides is 2. The molecule has 1 aromatic heterocycles. The third-order valence-electron chi connectivity index (χ3n) is 12.3. The quantitative estimate of drug-likeness (QED) is 0.0228. The zero-order valence-corrected chi connectivity index (χ0v) is 43.4. The normalized spacial score (nSPS) is 14.7. The number of nitrogens with one attached hydrogen (secondary N) is 8. The lowest BCUT2D eigenvalue weighted by atomic mass is 10.0. The van der Waals surface area contributed by atoms with E-state index in [1.807, 2.05) is 6.26 Å². The predicted molar refractivity (Wildman–Crippen MR) is 286 cm³/mol. The number of aromatic amines is 1. The average Bonchev–Trinajstić information content (AvgIpc) is 3.81. The number of hydrogen-bond acceptors (Lipinski definition) is 14. The number of H-pyrrole nitrogens is 1. The Balaban J connectivity index is 1.59. The maximum Gasteiger partial charge on any atom is 0.245 e. The van der Waals surface area contributed by atoms with Crippen LogP contribution in [-0.2, 0) is 62.4 Å². The summed E-state index contributed by atoms with van der Waals surface area (Å²) in [6, 6.07) is 13.2. The van der Waals surface area contributed by atoms with Crippen molar-refractivity contribution in [2.45, 2.75) is 119 Å². The van der Waals surface area contributed by atoms with Gasteiger partial charge in [0, 0.05) is 42.8 Å². The maximum atomic E-state index is 14.5. The summed E-state index contributed by atoms with van der Waals surface area (Å²) in [5.41, 5.74) is 25.0. The Morgan fingerprint density at radius 3 is 1.59 bits per heavy atom. The molecule has 0 saturated heterocycles. The van der Waals surface area contributed by atoms with Gasteiger partial charge in [-0.1, -0.05) is 78.9 Å². The van der Waals surface area contributed by atoms with Gasteiger partial charge < -0.3 is 75.3 Å². The predicted octanol–water partition coefficient (Wildman–Crippen LogP) is -2.08. The van der Waals surface area contributed by atoms with Crippen LogP contribution in [0.2, 0.25) is 0 Å². The number of rotatable bonds is 33. The zero-order valence-electron chi connectivity index (χ0n) is 42.6. The maximum absolute atomic E-state index is 14.5. The van der Waals surface area contributed by atoms with Crippen molar-refractivity contribution in [3.8, 4) is 0 Å². The summed E-state index contributed by atoms with van der Waals surface area (Å²) in [4.78, 5) is 125. The van der Waals surface area contributed by atoms with Gasteiger partial charge in [0.15, 0.2) is 0 Å². The number of benzene rings is 3. The Morgan fingerprint density at radius 1 is 0.579 bits per heavy atom. The van der Waals surface area contributed by atoms with Crippen LogP contribution in [0.1, 0.15) is 62.1 Å². The Labute approximate surface area is 444 Å². The number of amides is 9. The lowest BCUT2D eigenvalue weighted by molar-refractivity contribution is -0.137. The Bertz CT molecular complexity index is 2570. The summed E-state index contributed by atoms with van der Waals surface area (Å²) in [5, 5.41) is 40.2. The van der Waals surface area contributed by atoms with E-state index in [9.17, 15) is 53.4 Å².